The molecule has 0 amide bonds. The Morgan fingerprint density at radius 1 is 0.926 bits per heavy atom. The van der Waals surface area contributed by atoms with Gasteiger partial charge in [-0.15, -0.1) is 0 Å². The van der Waals surface area contributed by atoms with Crippen LogP contribution in [0.2, 0.25) is 0 Å². The Bertz CT molecular complexity index is 1190. The number of sulfonamides is 1. The number of aromatic nitrogens is 2. The largest absolute Gasteiger partial charge is 0.361 e. The van der Waals surface area contributed by atoms with Crippen LogP contribution in [0.5, 0.6) is 0 Å². The Morgan fingerprint density at radius 2 is 1.67 bits per heavy atom. The van der Waals surface area contributed by atoms with Gasteiger partial charge in [0, 0.05) is 36.0 Å². The molecule has 0 fully saturated rings. The van der Waals surface area contributed by atoms with Gasteiger partial charge >= 0.3 is 0 Å². The van der Waals surface area contributed by atoms with Gasteiger partial charge < -0.3 is 14.9 Å². The Morgan fingerprint density at radius 3 is 2.44 bits per heavy atom. The van der Waals surface area contributed by atoms with Gasteiger partial charge in [0.15, 0.2) is 0 Å². The van der Waals surface area contributed by atoms with Crippen molar-refractivity contribution in [2.75, 3.05) is 20.6 Å². The molecule has 3 N–H and O–H groups in total. The molecule has 2 aromatic carbocycles. The fraction of sp³-hybridized carbons (Fsp3) is 0.200. The topological polar surface area (TPSA) is 81.0 Å². The van der Waals surface area contributed by atoms with Gasteiger partial charge in [0.05, 0.1) is 4.90 Å². The summed E-state index contributed by atoms with van der Waals surface area (Å²) >= 11 is 0. The van der Waals surface area contributed by atoms with E-state index in [4.69, 9.17) is 0 Å². The molecule has 0 saturated heterocycles. The first-order valence-electron chi connectivity index (χ1n) is 8.74. The number of aromatic amines is 2. The molecule has 6 nitrogen and oxygen atoms in total. The molecular weight excluding hydrogens is 360 g/mol. The second-order valence-electron chi connectivity index (χ2n) is 6.88. The molecule has 4 rings (SSSR count). The molecule has 2 heterocycles. The summed E-state index contributed by atoms with van der Waals surface area (Å²) in [6.07, 6.45) is 3.70. The number of rotatable bonds is 6. The van der Waals surface area contributed by atoms with Crippen LogP contribution in [0.1, 0.15) is 11.6 Å². The van der Waals surface area contributed by atoms with E-state index in [1.54, 1.807) is 18.3 Å². The molecule has 1 atom stereocenters. The molecule has 0 spiro atoms. The molecule has 4 aromatic rings. The lowest BCUT2D eigenvalue weighted by Gasteiger charge is -2.25. The third-order valence-corrected chi connectivity index (χ3v) is 6.31. The SMILES string of the molecule is CN(C)C(CNS(=O)(=O)c1ccc2cc[nH]c2c1)c1ccc2[nH]ccc2c1. The third kappa shape index (κ3) is 3.49. The van der Waals surface area contributed by atoms with Gasteiger partial charge in [-0.3, -0.25) is 0 Å². The fourth-order valence-electron chi connectivity index (χ4n) is 3.34. The van der Waals surface area contributed by atoms with E-state index in [-0.39, 0.29) is 17.5 Å². The van der Waals surface area contributed by atoms with Crippen molar-refractivity contribution in [1.29, 1.82) is 0 Å². The minimum Gasteiger partial charge on any atom is -0.361 e. The smallest absolute Gasteiger partial charge is 0.240 e. The monoisotopic (exact) mass is 382 g/mol. The zero-order valence-corrected chi connectivity index (χ0v) is 16.0. The van der Waals surface area contributed by atoms with Crippen LogP contribution >= 0.6 is 0 Å². The summed E-state index contributed by atoms with van der Waals surface area (Å²) in [5, 5.41) is 2.10. The number of nitrogens with zero attached hydrogens (tertiary/aromatic N) is 1. The second-order valence-corrected chi connectivity index (χ2v) is 8.65. The van der Waals surface area contributed by atoms with E-state index in [1.807, 2.05) is 55.5 Å². The van der Waals surface area contributed by atoms with Crippen LogP contribution in [0.25, 0.3) is 21.8 Å². The number of fused-ring (bicyclic) bond motifs is 2. The molecule has 0 aliphatic rings. The second kappa shape index (κ2) is 6.84. The van der Waals surface area contributed by atoms with E-state index in [1.165, 1.54) is 0 Å². The summed E-state index contributed by atoms with van der Waals surface area (Å²) in [7, 11) is 0.299. The maximum Gasteiger partial charge on any atom is 0.240 e. The highest BCUT2D eigenvalue weighted by Crippen LogP contribution is 2.23. The maximum absolute atomic E-state index is 12.8. The normalized spacial score (nSPS) is 13.6. The Hall–Kier alpha value is -2.61. The highest BCUT2D eigenvalue weighted by Gasteiger charge is 2.20. The lowest BCUT2D eigenvalue weighted by molar-refractivity contribution is 0.299. The quantitative estimate of drug-likeness (QED) is 0.479. The van der Waals surface area contributed by atoms with Crippen LogP contribution in [0.15, 0.2) is 65.8 Å². The third-order valence-electron chi connectivity index (χ3n) is 4.89. The predicted octanol–water partition coefficient (Wildman–Crippen LogP) is 3.23. The molecule has 7 heteroatoms. The van der Waals surface area contributed by atoms with Gasteiger partial charge in [-0.25, -0.2) is 13.1 Å². The van der Waals surface area contributed by atoms with Gasteiger partial charge in [0.2, 0.25) is 10.0 Å². The number of hydrogen-bond acceptors (Lipinski definition) is 3. The Balaban J connectivity index is 1.58. The Kier molecular flexibility index (Phi) is 4.51. The number of nitrogens with one attached hydrogen (secondary N) is 3. The molecule has 140 valence electrons. The molecule has 0 aliphatic carbocycles. The van der Waals surface area contributed by atoms with Crippen LogP contribution in [0.4, 0.5) is 0 Å². The Labute approximate surface area is 158 Å². The average Bonchev–Trinajstić information content (AvgIpc) is 3.29. The van der Waals surface area contributed by atoms with E-state index < -0.39 is 10.0 Å². The minimum atomic E-state index is -3.60. The molecule has 2 aromatic heterocycles. The number of likely N-dealkylation sites (N-methyl/N-ethyl adjacent to an activating group) is 1. The summed E-state index contributed by atoms with van der Waals surface area (Å²) in [4.78, 5) is 8.51. The molecule has 0 bridgehead atoms. The molecule has 0 saturated carbocycles. The summed E-state index contributed by atoms with van der Waals surface area (Å²) < 4.78 is 28.3. The first-order chi connectivity index (χ1) is 12.9. The zero-order chi connectivity index (χ0) is 19.0. The number of H-pyrrole nitrogens is 2. The maximum atomic E-state index is 12.8. The van der Waals surface area contributed by atoms with E-state index in [0.717, 1.165) is 27.4 Å². The summed E-state index contributed by atoms with van der Waals surface area (Å²) in [5.74, 6) is 0. The fourth-order valence-corrected chi connectivity index (χ4v) is 4.41. The van der Waals surface area contributed by atoms with E-state index in [9.17, 15) is 8.42 Å². The molecule has 0 aliphatic heterocycles. The van der Waals surface area contributed by atoms with Crippen molar-refractivity contribution >= 4 is 31.8 Å². The summed E-state index contributed by atoms with van der Waals surface area (Å²) in [5.41, 5.74) is 2.94. The summed E-state index contributed by atoms with van der Waals surface area (Å²) in [6, 6.07) is 15.1. The van der Waals surface area contributed by atoms with Crippen molar-refractivity contribution in [2.45, 2.75) is 10.9 Å². The van der Waals surface area contributed by atoms with Crippen molar-refractivity contribution in [3.63, 3.8) is 0 Å². The van der Waals surface area contributed by atoms with Crippen LogP contribution in [0, 0.1) is 0 Å². The first kappa shape index (κ1) is 17.8. The predicted molar refractivity (Wildman–Crippen MR) is 108 cm³/mol. The van der Waals surface area contributed by atoms with Crippen molar-refractivity contribution in [2.24, 2.45) is 0 Å². The number of hydrogen-bond donors (Lipinski definition) is 3. The van der Waals surface area contributed by atoms with Gasteiger partial charge in [0.1, 0.15) is 0 Å². The molecule has 0 radical (unpaired) electrons. The van der Waals surface area contributed by atoms with Crippen LogP contribution < -0.4 is 4.72 Å². The van der Waals surface area contributed by atoms with Crippen molar-refractivity contribution in [3.05, 3.63) is 66.5 Å². The van der Waals surface area contributed by atoms with E-state index in [2.05, 4.69) is 20.8 Å². The average molecular weight is 382 g/mol. The van der Waals surface area contributed by atoms with Gasteiger partial charge in [-0.2, -0.15) is 0 Å². The van der Waals surface area contributed by atoms with Crippen LogP contribution in [-0.2, 0) is 10.0 Å². The van der Waals surface area contributed by atoms with Crippen molar-refractivity contribution in [1.82, 2.24) is 19.6 Å². The highest BCUT2D eigenvalue weighted by molar-refractivity contribution is 7.89. The minimum absolute atomic E-state index is 0.0757. The van der Waals surface area contributed by atoms with Gasteiger partial charge in [-0.05, 0) is 66.8 Å². The summed E-state index contributed by atoms with van der Waals surface area (Å²) in [6.45, 7) is 0.286. The standard InChI is InChI=1S/C20H22N4O2S/c1-24(2)20(16-4-6-18-15(11-16)8-10-21-18)13-23-27(25,26)17-5-3-14-7-9-22-19(14)12-17/h3-12,20-23H,13H2,1-2H3. The molecular formula is C20H22N4O2S. The lowest BCUT2D eigenvalue weighted by atomic mass is 10.0. The highest BCUT2D eigenvalue weighted by atomic mass is 32.2. The van der Waals surface area contributed by atoms with E-state index in [0.29, 0.717) is 0 Å². The zero-order valence-electron chi connectivity index (χ0n) is 15.2. The lowest BCUT2D eigenvalue weighted by Crippen LogP contribution is -2.34. The molecule has 1 unspecified atom stereocenters. The number of benzene rings is 2. The van der Waals surface area contributed by atoms with Crippen molar-refractivity contribution in [3.8, 4) is 0 Å². The first-order valence-corrected chi connectivity index (χ1v) is 10.2. The van der Waals surface area contributed by atoms with E-state index >= 15 is 0 Å². The van der Waals surface area contributed by atoms with Crippen LogP contribution in [-0.4, -0.2) is 43.9 Å². The van der Waals surface area contributed by atoms with Gasteiger partial charge in [0.25, 0.3) is 0 Å². The molecule has 27 heavy (non-hydrogen) atoms. The van der Waals surface area contributed by atoms with Crippen molar-refractivity contribution < 1.29 is 8.42 Å². The van der Waals surface area contributed by atoms with Gasteiger partial charge in [-0.1, -0.05) is 12.1 Å². The van der Waals surface area contributed by atoms with Crippen LogP contribution in [0.3, 0.4) is 0 Å².